The van der Waals surface area contributed by atoms with E-state index < -0.39 is 5.97 Å². The molecular weight excluding hydrogens is 302 g/mol. The third-order valence-corrected chi connectivity index (χ3v) is 4.35. The van der Waals surface area contributed by atoms with Gasteiger partial charge in [0.2, 0.25) is 0 Å². The van der Waals surface area contributed by atoms with Gasteiger partial charge in [0.05, 0.1) is 5.56 Å². The Balaban J connectivity index is 1.68. The standard InChI is InChI=1S/C20H21NO3/c1-14-9-10-15(2)17(12-14)20(23)24-13-19(22)21-11-5-7-16-6-3-4-8-18(16)21/h3-4,6,8-10,12H,5,7,11,13H2,1-2H3. The minimum absolute atomic E-state index is 0.180. The van der Waals surface area contributed by atoms with Crippen molar-refractivity contribution in [1.29, 1.82) is 0 Å². The molecule has 124 valence electrons. The Morgan fingerprint density at radius 2 is 1.92 bits per heavy atom. The highest BCUT2D eigenvalue weighted by Crippen LogP contribution is 2.26. The van der Waals surface area contributed by atoms with Crippen molar-refractivity contribution >= 4 is 17.6 Å². The first-order valence-corrected chi connectivity index (χ1v) is 8.19. The second-order valence-corrected chi connectivity index (χ2v) is 6.17. The molecule has 0 radical (unpaired) electrons. The van der Waals surface area contributed by atoms with Crippen LogP contribution in [0.25, 0.3) is 0 Å². The predicted molar refractivity (Wildman–Crippen MR) is 93.3 cm³/mol. The highest BCUT2D eigenvalue weighted by atomic mass is 16.5. The molecule has 0 unspecified atom stereocenters. The largest absolute Gasteiger partial charge is 0.452 e. The summed E-state index contributed by atoms with van der Waals surface area (Å²) in [4.78, 5) is 26.5. The molecule has 4 heteroatoms. The molecule has 0 saturated carbocycles. The van der Waals surface area contributed by atoms with E-state index in [1.54, 1.807) is 11.0 Å². The van der Waals surface area contributed by atoms with Gasteiger partial charge in [0.25, 0.3) is 5.91 Å². The van der Waals surface area contributed by atoms with Gasteiger partial charge >= 0.3 is 5.97 Å². The SMILES string of the molecule is Cc1ccc(C)c(C(=O)OCC(=O)N2CCCc3ccccc32)c1. The number of carbonyl (C=O) groups is 2. The number of hydrogen-bond donors (Lipinski definition) is 0. The van der Waals surface area contributed by atoms with Gasteiger partial charge in [0.15, 0.2) is 6.61 Å². The predicted octanol–water partition coefficient (Wildman–Crippen LogP) is 3.44. The molecule has 1 amide bonds. The van der Waals surface area contributed by atoms with Crippen LogP contribution in [0.1, 0.15) is 33.5 Å². The molecule has 0 saturated heterocycles. The van der Waals surface area contributed by atoms with Gasteiger partial charge in [-0.2, -0.15) is 0 Å². The van der Waals surface area contributed by atoms with Gasteiger partial charge in [-0.1, -0.05) is 35.9 Å². The number of aryl methyl sites for hydroxylation is 3. The summed E-state index contributed by atoms with van der Waals surface area (Å²) in [7, 11) is 0. The maximum Gasteiger partial charge on any atom is 0.338 e. The van der Waals surface area contributed by atoms with Crippen molar-refractivity contribution in [2.45, 2.75) is 26.7 Å². The Labute approximate surface area is 142 Å². The lowest BCUT2D eigenvalue weighted by Crippen LogP contribution is -2.38. The van der Waals surface area contributed by atoms with E-state index >= 15 is 0 Å². The fourth-order valence-electron chi connectivity index (χ4n) is 3.03. The summed E-state index contributed by atoms with van der Waals surface area (Å²) in [6.07, 6.45) is 1.90. The van der Waals surface area contributed by atoms with Crippen molar-refractivity contribution in [2.24, 2.45) is 0 Å². The molecule has 0 aromatic heterocycles. The van der Waals surface area contributed by atoms with Crippen molar-refractivity contribution in [3.05, 3.63) is 64.7 Å². The lowest BCUT2D eigenvalue weighted by molar-refractivity contribution is -0.121. The summed E-state index contributed by atoms with van der Waals surface area (Å²) >= 11 is 0. The molecule has 2 aromatic rings. The molecule has 1 aliphatic heterocycles. The second kappa shape index (κ2) is 6.87. The molecule has 0 spiro atoms. The van der Waals surface area contributed by atoms with Crippen LogP contribution in [0.5, 0.6) is 0 Å². The summed E-state index contributed by atoms with van der Waals surface area (Å²) < 4.78 is 5.26. The fraction of sp³-hybridized carbons (Fsp3) is 0.300. The van der Waals surface area contributed by atoms with Gasteiger partial charge < -0.3 is 9.64 Å². The van der Waals surface area contributed by atoms with Crippen LogP contribution in [0.4, 0.5) is 5.69 Å². The number of amides is 1. The van der Waals surface area contributed by atoms with Crippen LogP contribution in [-0.2, 0) is 16.0 Å². The smallest absolute Gasteiger partial charge is 0.338 e. The average Bonchev–Trinajstić information content (AvgIpc) is 2.61. The normalized spacial score (nSPS) is 13.3. The number of benzene rings is 2. The van der Waals surface area contributed by atoms with E-state index in [9.17, 15) is 9.59 Å². The third kappa shape index (κ3) is 3.32. The molecule has 1 heterocycles. The number of para-hydroxylation sites is 1. The Hall–Kier alpha value is -2.62. The lowest BCUT2D eigenvalue weighted by atomic mass is 10.0. The van der Waals surface area contributed by atoms with Crippen molar-refractivity contribution in [3.63, 3.8) is 0 Å². The molecular formula is C20H21NO3. The lowest BCUT2D eigenvalue weighted by Gasteiger charge is -2.29. The average molecular weight is 323 g/mol. The first-order chi connectivity index (χ1) is 11.6. The van der Waals surface area contributed by atoms with Gasteiger partial charge in [0, 0.05) is 12.2 Å². The van der Waals surface area contributed by atoms with Crippen LogP contribution in [0.15, 0.2) is 42.5 Å². The molecule has 24 heavy (non-hydrogen) atoms. The molecule has 0 bridgehead atoms. The van der Waals surface area contributed by atoms with Crippen LogP contribution in [0.3, 0.4) is 0 Å². The first kappa shape index (κ1) is 16.2. The molecule has 0 N–H and O–H groups in total. The van der Waals surface area contributed by atoms with E-state index in [0.717, 1.165) is 35.2 Å². The maximum absolute atomic E-state index is 12.5. The minimum atomic E-state index is -0.449. The van der Waals surface area contributed by atoms with Crippen LogP contribution in [-0.4, -0.2) is 25.0 Å². The van der Waals surface area contributed by atoms with Gasteiger partial charge in [-0.15, -0.1) is 0 Å². The minimum Gasteiger partial charge on any atom is -0.452 e. The van der Waals surface area contributed by atoms with Crippen LogP contribution in [0.2, 0.25) is 0 Å². The van der Waals surface area contributed by atoms with Gasteiger partial charge in [-0.25, -0.2) is 4.79 Å². The Bertz CT molecular complexity index is 782. The van der Waals surface area contributed by atoms with Crippen molar-refractivity contribution < 1.29 is 14.3 Å². The molecule has 0 aliphatic carbocycles. The zero-order valence-electron chi connectivity index (χ0n) is 14.0. The number of fused-ring (bicyclic) bond motifs is 1. The number of carbonyl (C=O) groups excluding carboxylic acids is 2. The van der Waals surface area contributed by atoms with E-state index in [2.05, 4.69) is 0 Å². The summed E-state index contributed by atoms with van der Waals surface area (Å²) in [5.41, 5.74) is 4.45. The van der Waals surface area contributed by atoms with E-state index in [0.29, 0.717) is 12.1 Å². The van der Waals surface area contributed by atoms with Gasteiger partial charge in [0.1, 0.15) is 0 Å². The summed E-state index contributed by atoms with van der Waals surface area (Å²) in [6.45, 7) is 4.21. The van der Waals surface area contributed by atoms with Crippen LogP contribution in [0, 0.1) is 13.8 Å². The molecule has 1 aliphatic rings. The monoisotopic (exact) mass is 323 g/mol. The summed E-state index contributed by atoms with van der Waals surface area (Å²) in [5.74, 6) is -0.629. The van der Waals surface area contributed by atoms with Crippen molar-refractivity contribution in [3.8, 4) is 0 Å². The van der Waals surface area contributed by atoms with Crippen molar-refractivity contribution in [1.82, 2.24) is 0 Å². The second-order valence-electron chi connectivity index (χ2n) is 6.17. The Morgan fingerprint density at radius 1 is 1.12 bits per heavy atom. The maximum atomic E-state index is 12.5. The number of esters is 1. The highest BCUT2D eigenvalue weighted by molar-refractivity contribution is 5.98. The molecule has 2 aromatic carbocycles. The zero-order valence-corrected chi connectivity index (χ0v) is 14.0. The molecule has 0 fully saturated rings. The number of anilines is 1. The Kier molecular flexibility index (Phi) is 4.65. The van der Waals surface area contributed by atoms with E-state index in [-0.39, 0.29) is 12.5 Å². The van der Waals surface area contributed by atoms with Crippen LogP contribution < -0.4 is 4.90 Å². The molecule has 3 rings (SSSR count). The summed E-state index contributed by atoms with van der Waals surface area (Å²) in [6, 6.07) is 13.5. The van der Waals surface area contributed by atoms with E-state index in [4.69, 9.17) is 4.74 Å². The first-order valence-electron chi connectivity index (χ1n) is 8.19. The zero-order chi connectivity index (χ0) is 17.1. The van der Waals surface area contributed by atoms with Crippen molar-refractivity contribution in [2.75, 3.05) is 18.1 Å². The van der Waals surface area contributed by atoms with E-state index in [1.165, 1.54) is 0 Å². The number of nitrogens with zero attached hydrogens (tertiary/aromatic N) is 1. The third-order valence-electron chi connectivity index (χ3n) is 4.35. The quantitative estimate of drug-likeness (QED) is 0.813. The number of hydrogen-bond acceptors (Lipinski definition) is 3. The molecule has 0 atom stereocenters. The van der Waals surface area contributed by atoms with Gasteiger partial charge in [-0.3, -0.25) is 4.79 Å². The van der Waals surface area contributed by atoms with Crippen LogP contribution >= 0.6 is 0 Å². The highest BCUT2D eigenvalue weighted by Gasteiger charge is 2.23. The van der Waals surface area contributed by atoms with Gasteiger partial charge in [-0.05, 0) is 49.9 Å². The van der Waals surface area contributed by atoms with E-state index in [1.807, 2.05) is 50.2 Å². The Morgan fingerprint density at radius 3 is 2.75 bits per heavy atom. The topological polar surface area (TPSA) is 46.6 Å². The molecule has 4 nitrogen and oxygen atoms in total. The number of rotatable bonds is 3. The summed E-state index contributed by atoms with van der Waals surface area (Å²) in [5, 5.41) is 0. The fourth-order valence-corrected chi connectivity index (χ4v) is 3.03. The number of ether oxygens (including phenoxy) is 1.